The van der Waals surface area contributed by atoms with E-state index in [0.29, 0.717) is 0 Å². The molecule has 0 aromatic rings. The normalized spacial score (nSPS) is 9.75. The topological polar surface area (TPSA) is 0 Å². The predicted octanol–water partition coefficient (Wildman–Crippen LogP) is 2.54. The lowest BCUT2D eigenvalue weighted by Crippen LogP contribution is -1.75. The Balaban J connectivity index is 2.53. The van der Waals surface area contributed by atoms with Crippen LogP contribution in [0.4, 0.5) is 0 Å². The van der Waals surface area contributed by atoms with Crippen LogP contribution in [0.25, 0.3) is 0 Å². The number of unbranched alkanes of at least 4 members (excludes halogenated alkanes) is 4. The van der Waals surface area contributed by atoms with E-state index < -0.39 is 0 Å². The summed E-state index contributed by atoms with van der Waals surface area (Å²) in [5.74, 6) is 0. The van der Waals surface area contributed by atoms with E-state index in [4.69, 9.17) is 0 Å². The molecule has 3 radical (unpaired) electrons. The highest BCUT2D eigenvalue weighted by Crippen LogP contribution is 2.02. The Labute approximate surface area is 56.1 Å². The second kappa shape index (κ2) is 7.22. The summed E-state index contributed by atoms with van der Waals surface area (Å²) >= 11 is 0. The van der Waals surface area contributed by atoms with Crippen molar-refractivity contribution in [3.63, 3.8) is 0 Å². The van der Waals surface area contributed by atoms with Crippen LogP contribution in [0.15, 0.2) is 0 Å². The Morgan fingerprint density at radius 1 is 1.00 bits per heavy atom. The van der Waals surface area contributed by atoms with Gasteiger partial charge in [-0.05, 0) is 0 Å². The molecule has 0 aliphatic rings. The first kappa shape index (κ1) is 8.22. The SMILES string of the molecule is CCCCCCC[Si]. The summed E-state index contributed by atoms with van der Waals surface area (Å²) < 4.78 is 0. The zero-order valence-electron chi connectivity index (χ0n) is 5.74. The lowest BCUT2D eigenvalue weighted by atomic mass is 10.2. The fourth-order valence-corrected chi connectivity index (χ4v) is 0.979. The molecule has 0 saturated carbocycles. The van der Waals surface area contributed by atoms with Crippen LogP contribution in [0, 0.1) is 0 Å². The Hall–Kier alpha value is 0.217. The van der Waals surface area contributed by atoms with Gasteiger partial charge in [0, 0.05) is 10.2 Å². The van der Waals surface area contributed by atoms with E-state index in [2.05, 4.69) is 17.2 Å². The van der Waals surface area contributed by atoms with E-state index in [1.165, 1.54) is 38.1 Å². The Morgan fingerprint density at radius 2 is 1.62 bits per heavy atom. The Morgan fingerprint density at radius 3 is 2.12 bits per heavy atom. The summed E-state index contributed by atoms with van der Waals surface area (Å²) in [6, 6.07) is 1.17. The molecule has 0 heterocycles. The molecule has 0 aliphatic heterocycles. The van der Waals surface area contributed by atoms with E-state index >= 15 is 0 Å². The van der Waals surface area contributed by atoms with Crippen molar-refractivity contribution in [3.8, 4) is 0 Å². The Kier molecular flexibility index (Phi) is 7.41. The molecule has 0 aromatic carbocycles. The van der Waals surface area contributed by atoms with Crippen LogP contribution in [0.5, 0.6) is 0 Å². The van der Waals surface area contributed by atoms with Crippen molar-refractivity contribution >= 4 is 10.2 Å². The van der Waals surface area contributed by atoms with Crippen molar-refractivity contribution in [2.45, 2.75) is 45.1 Å². The number of rotatable bonds is 5. The van der Waals surface area contributed by atoms with E-state index in [-0.39, 0.29) is 0 Å². The Bertz CT molecular complexity index is 29.4. The molecular weight excluding hydrogens is 112 g/mol. The molecule has 0 saturated heterocycles. The second-order valence-electron chi connectivity index (χ2n) is 2.16. The van der Waals surface area contributed by atoms with Crippen molar-refractivity contribution in [2.24, 2.45) is 0 Å². The van der Waals surface area contributed by atoms with Crippen LogP contribution in [0.3, 0.4) is 0 Å². The summed E-state index contributed by atoms with van der Waals surface area (Å²) in [5.41, 5.74) is 0. The van der Waals surface area contributed by atoms with Gasteiger partial charge in [0.2, 0.25) is 0 Å². The van der Waals surface area contributed by atoms with Crippen molar-refractivity contribution < 1.29 is 0 Å². The van der Waals surface area contributed by atoms with Crippen LogP contribution < -0.4 is 0 Å². The second-order valence-corrected chi connectivity index (χ2v) is 2.66. The van der Waals surface area contributed by atoms with Gasteiger partial charge in [-0.3, -0.25) is 0 Å². The summed E-state index contributed by atoms with van der Waals surface area (Å²) in [4.78, 5) is 0. The van der Waals surface area contributed by atoms with Gasteiger partial charge in [0.1, 0.15) is 0 Å². The van der Waals surface area contributed by atoms with Gasteiger partial charge in [-0.1, -0.05) is 45.1 Å². The maximum absolute atomic E-state index is 3.44. The van der Waals surface area contributed by atoms with Crippen LogP contribution >= 0.6 is 0 Å². The van der Waals surface area contributed by atoms with Crippen molar-refractivity contribution in [1.29, 1.82) is 0 Å². The molecule has 47 valence electrons. The summed E-state index contributed by atoms with van der Waals surface area (Å²) in [6.07, 6.45) is 6.92. The predicted molar refractivity (Wildman–Crippen MR) is 39.3 cm³/mol. The maximum Gasteiger partial charge on any atom is 0.0222 e. The van der Waals surface area contributed by atoms with Crippen molar-refractivity contribution in [1.82, 2.24) is 0 Å². The number of hydrogen-bond acceptors (Lipinski definition) is 0. The largest absolute Gasteiger partial charge is 0.0654 e. The van der Waals surface area contributed by atoms with Crippen LogP contribution in [0.1, 0.15) is 39.0 Å². The smallest absolute Gasteiger partial charge is 0.0222 e. The zero-order valence-corrected chi connectivity index (χ0v) is 6.74. The van der Waals surface area contributed by atoms with Crippen LogP contribution in [-0.2, 0) is 0 Å². The first-order valence-corrected chi connectivity index (χ1v) is 4.27. The molecule has 0 N–H and O–H groups in total. The third-order valence-corrected chi connectivity index (χ3v) is 1.63. The van der Waals surface area contributed by atoms with Gasteiger partial charge in [-0.2, -0.15) is 0 Å². The molecule has 8 heavy (non-hydrogen) atoms. The molecule has 0 rings (SSSR count). The maximum atomic E-state index is 3.44. The first-order chi connectivity index (χ1) is 3.91. The molecule has 0 amide bonds. The molecule has 0 spiro atoms. The van der Waals surface area contributed by atoms with Gasteiger partial charge in [0.05, 0.1) is 0 Å². The van der Waals surface area contributed by atoms with E-state index in [1.54, 1.807) is 0 Å². The lowest BCUT2D eigenvalue weighted by Gasteiger charge is -1.93. The average molecular weight is 127 g/mol. The molecule has 1 heteroatoms. The van der Waals surface area contributed by atoms with Crippen LogP contribution in [-0.4, -0.2) is 10.2 Å². The molecule has 0 unspecified atom stereocenters. The van der Waals surface area contributed by atoms with E-state index in [9.17, 15) is 0 Å². The quantitative estimate of drug-likeness (QED) is 0.393. The third-order valence-electron chi connectivity index (χ3n) is 1.28. The standard InChI is InChI=1S/C7H15Si/c1-2-3-4-5-6-7-8/h2-7H2,1H3. The highest BCUT2D eigenvalue weighted by atomic mass is 28.1. The summed E-state index contributed by atoms with van der Waals surface area (Å²) in [6.45, 7) is 2.24. The first-order valence-electron chi connectivity index (χ1n) is 3.56. The summed E-state index contributed by atoms with van der Waals surface area (Å²) in [7, 11) is 3.44. The highest BCUT2D eigenvalue weighted by Gasteiger charge is 1.83. The number of hydrogen-bond donors (Lipinski definition) is 0. The minimum Gasteiger partial charge on any atom is -0.0654 e. The third kappa shape index (κ3) is 6.22. The van der Waals surface area contributed by atoms with Gasteiger partial charge in [-0.25, -0.2) is 0 Å². The molecular formula is C7H15Si. The fourth-order valence-electron chi connectivity index (χ4n) is 0.729. The molecule has 0 nitrogen and oxygen atoms in total. The lowest BCUT2D eigenvalue weighted by molar-refractivity contribution is 0.656. The summed E-state index contributed by atoms with van der Waals surface area (Å²) in [5, 5.41) is 0. The van der Waals surface area contributed by atoms with Crippen molar-refractivity contribution in [3.05, 3.63) is 0 Å². The van der Waals surface area contributed by atoms with Gasteiger partial charge < -0.3 is 0 Å². The fraction of sp³-hybridized carbons (Fsp3) is 1.00. The van der Waals surface area contributed by atoms with Gasteiger partial charge in [0.15, 0.2) is 0 Å². The van der Waals surface area contributed by atoms with Gasteiger partial charge in [-0.15, -0.1) is 0 Å². The molecule has 0 fully saturated rings. The molecule has 0 aliphatic carbocycles. The minimum atomic E-state index is 1.17. The average Bonchev–Trinajstić information content (AvgIpc) is 1.81. The van der Waals surface area contributed by atoms with Gasteiger partial charge in [0.25, 0.3) is 0 Å². The van der Waals surface area contributed by atoms with E-state index in [1.807, 2.05) is 0 Å². The van der Waals surface area contributed by atoms with Gasteiger partial charge >= 0.3 is 0 Å². The minimum absolute atomic E-state index is 1.17. The monoisotopic (exact) mass is 127 g/mol. The molecule has 0 bridgehead atoms. The zero-order chi connectivity index (χ0) is 6.24. The molecule has 0 atom stereocenters. The van der Waals surface area contributed by atoms with Crippen LogP contribution in [0.2, 0.25) is 6.04 Å². The molecule has 0 aromatic heterocycles. The van der Waals surface area contributed by atoms with Crippen molar-refractivity contribution in [2.75, 3.05) is 0 Å². The van der Waals surface area contributed by atoms with E-state index in [0.717, 1.165) is 0 Å². The highest BCUT2D eigenvalue weighted by molar-refractivity contribution is 6.08.